The average molecular weight is 360 g/mol. The van der Waals surface area contributed by atoms with Crippen LogP contribution in [0, 0.1) is 0 Å². The molecule has 4 rings (SSSR count). The second kappa shape index (κ2) is 6.72. The van der Waals surface area contributed by atoms with E-state index in [1.54, 1.807) is 18.7 Å². The van der Waals surface area contributed by atoms with Crippen molar-refractivity contribution in [3.05, 3.63) is 76.2 Å². The van der Waals surface area contributed by atoms with E-state index in [1.807, 2.05) is 30.3 Å². The first-order valence-electron chi connectivity index (χ1n) is 8.81. The molecule has 1 aliphatic heterocycles. The molecule has 0 saturated heterocycles. The quantitative estimate of drug-likeness (QED) is 0.729. The number of anilines is 2. The van der Waals surface area contributed by atoms with E-state index in [-0.39, 0.29) is 11.4 Å². The van der Waals surface area contributed by atoms with Gasteiger partial charge in [-0.05, 0) is 37.1 Å². The fourth-order valence-electron chi connectivity index (χ4n) is 3.42. The number of aromatic nitrogens is 2. The first-order chi connectivity index (χ1) is 13.1. The van der Waals surface area contributed by atoms with Crippen molar-refractivity contribution in [1.29, 1.82) is 0 Å². The highest BCUT2D eigenvalue weighted by Gasteiger charge is 2.23. The predicted octanol–water partition coefficient (Wildman–Crippen LogP) is 3.07. The van der Waals surface area contributed by atoms with Crippen LogP contribution in [0.15, 0.2) is 64.5 Å². The molecule has 136 valence electrons. The van der Waals surface area contributed by atoms with Crippen LogP contribution < -0.4 is 10.3 Å². The van der Waals surface area contributed by atoms with Gasteiger partial charge in [-0.15, -0.1) is 0 Å². The lowest BCUT2D eigenvalue weighted by molar-refractivity contribution is 0.461. The molecule has 27 heavy (non-hydrogen) atoms. The highest BCUT2D eigenvalue weighted by atomic mass is 16.3. The molecule has 0 unspecified atom stereocenters. The van der Waals surface area contributed by atoms with Crippen molar-refractivity contribution in [2.45, 2.75) is 13.3 Å². The Bertz CT molecular complexity index is 1100. The number of rotatable bonds is 3. The minimum atomic E-state index is -0.515. The second-order valence-electron chi connectivity index (χ2n) is 6.46. The number of fused-ring (bicyclic) bond motifs is 1. The molecule has 0 fully saturated rings. The molecule has 3 aromatic rings. The third kappa shape index (κ3) is 2.89. The van der Waals surface area contributed by atoms with Crippen LogP contribution >= 0.6 is 0 Å². The summed E-state index contributed by atoms with van der Waals surface area (Å²) in [5.74, 6) is -0.348. The molecule has 2 heterocycles. The third-order valence-corrected chi connectivity index (χ3v) is 4.88. The van der Waals surface area contributed by atoms with Crippen molar-refractivity contribution in [1.82, 2.24) is 9.78 Å². The summed E-state index contributed by atoms with van der Waals surface area (Å²) in [6.45, 7) is 2.57. The molecule has 1 N–H and O–H groups in total. The van der Waals surface area contributed by atoms with Gasteiger partial charge in [0.15, 0.2) is 11.4 Å². The molecular weight excluding hydrogens is 340 g/mol. The smallest absolute Gasteiger partial charge is 0.250 e. The Morgan fingerprint density at radius 1 is 1.07 bits per heavy atom. The molecule has 0 aliphatic carbocycles. The maximum atomic E-state index is 12.2. The number of aromatic hydroxyl groups is 1. The highest BCUT2D eigenvalue weighted by Crippen LogP contribution is 2.37. The Labute approximate surface area is 157 Å². The first-order valence-corrected chi connectivity index (χ1v) is 8.81. The maximum absolute atomic E-state index is 12.2. The molecule has 6 heteroatoms. The van der Waals surface area contributed by atoms with E-state index < -0.39 is 5.43 Å². The Kier molecular flexibility index (Phi) is 4.24. The number of hydrogen-bond donors (Lipinski definition) is 1. The zero-order chi connectivity index (χ0) is 19.0. The minimum Gasteiger partial charge on any atom is -0.503 e. The fraction of sp³-hybridized carbons (Fsp3) is 0.190. The van der Waals surface area contributed by atoms with Gasteiger partial charge in [0.05, 0.1) is 23.3 Å². The molecule has 0 bridgehead atoms. The van der Waals surface area contributed by atoms with Crippen molar-refractivity contribution >= 4 is 17.1 Å². The monoisotopic (exact) mass is 360 g/mol. The Morgan fingerprint density at radius 3 is 2.48 bits per heavy atom. The van der Waals surface area contributed by atoms with Gasteiger partial charge in [-0.2, -0.15) is 5.10 Å². The lowest BCUT2D eigenvalue weighted by Gasteiger charge is -2.23. The fourth-order valence-corrected chi connectivity index (χ4v) is 3.42. The number of benzene rings is 2. The van der Waals surface area contributed by atoms with Crippen LogP contribution in [0.3, 0.4) is 0 Å². The van der Waals surface area contributed by atoms with Gasteiger partial charge in [-0.1, -0.05) is 30.3 Å². The van der Waals surface area contributed by atoms with Gasteiger partial charge in [0.1, 0.15) is 0 Å². The highest BCUT2D eigenvalue weighted by molar-refractivity contribution is 5.96. The zero-order valence-electron chi connectivity index (χ0n) is 15.3. The van der Waals surface area contributed by atoms with E-state index >= 15 is 0 Å². The van der Waals surface area contributed by atoms with Crippen molar-refractivity contribution in [2.75, 3.05) is 18.5 Å². The molecular formula is C21H20N4O2. The standard InChI is InChI=1S/C21H20N4O2/c1-14(22-2)20-21(27)19(26)13-25(23-20)18-10-6-5-9-17(18)24-12-11-15-7-3-4-8-16(15)24/h3-10,13,26H,11-12H2,1-2H3. The van der Waals surface area contributed by atoms with Crippen LogP contribution in [0.4, 0.5) is 11.4 Å². The molecule has 0 amide bonds. The summed E-state index contributed by atoms with van der Waals surface area (Å²) in [6, 6.07) is 16.2. The summed E-state index contributed by atoms with van der Waals surface area (Å²) in [7, 11) is 1.60. The van der Waals surface area contributed by atoms with Gasteiger partial charge in [0.25, 0.3) is 5.43 Å². The summed E-state index contributed by atoms with van der Waals surface area (Å²) in [5, 5.41) is 14.6. The van der Waals surface area contributed by atoms with E-state index in [1.165, 1.54) is 17.4 Å². The summed E-state index contributed by atoms with van der Waals surface area (Å²) in [5.41, 5.74) is 4.34. The molecule has 0 radical (unpaired) electrons. The van der Waals surface area contributed by atoms with Gasteiger partial charge in [-0.25, -0.2) is 4.68 Å². The minimum absolute atomic E-state index is 0.147. The predicted molar refractivity (Wildman–Crippen MR) is 107 cm³/mol. The largest absolute Gasteiger partial charge is 0.503 e. The number of para-hydroxylation sites is 3. The third-order valence-electron chi connectivity index (χ3n) is 4.88. The second-order valence-corrected chi connectivity index (χ2v) is 6.46. The van der Waals surface area contributed by atoms with E-state index in [2.05, 4.69) is 33.2 Å². The van der Waals surface area contributed by atoms with Crippen LogP contribution in [0.5, 0.6) is 5.75 Å². The van der Waals surface area contributed by atoms with E-state index in [0.717, 1.165) is 24.3 Å². The SMILES string of the molecule is CN=C(C)c1nn(-c2ccccc2N2CCc3ccccc32)cc(O)c1=O. The lowest BCUT2D eigenvalue weighted by Crippen LogP contribution is -2.22. The molecule has 0 saturated carbocycles. The number of aliphatic imine (C=N–C) groups is 1. The number of hydrogen-bond acceptors (Lipinski definition) is 5. The van der Waals surface area contributed by atoms with Crippen molar-refractivity contribution < 1.29 is 5.11 Å². The van der Waals surface area contributed by atoms with Crippen LogP contribution in [-0.4, -0.2) is 34.2 Å². The molecule has 1 aromatic heterocycles. The van der Waals surface area contributed by atoms with Crippen LogP contribution in [-0.2, 0) is 6.42 Å². The van der Waals surface area contributed by atoms with Crippen molar-refractivity contribution in [3.8, 4) is 11.4 Å². The van der Waals surface area contributed by atoms with E-state index in [9.17, 15) is 9.90 Å². The molecule has 6 nitrogen and oxygen atoms in total. The molecule has 0 spiro atoms. The normalized spacial score (nSPS) is 13.7. The summed E-state index contributed by atoms with van der Waals surface area (Å²) in [4.78, 5) is 18.5. The van der Waals surface area contributed by atoms with E-state index in [4.69, 9.17) is 0 Å². The summed E-state index contributed by atoms with van der Waals surface area (Å²) >= 11 is 0. The first kappa shape index (κ1) is 17.0. The van der Waals surface area contributed by atoms with Gasteiger partial charge >= 0.3 is 0 Å². The molecule has 0 atom stereocenters. The maximum Gasteiger partial charge on any atom is 0.250 e. The zero-order valence-corrected chi connectivity index (χ0v) is 15.3. The van der Waals surface area contributed by atoms with Crippen molar-refractivity contribution in [3.63, 3.8) is 0 Å². The van der Waals surface area contributed by atoms with Gasteiger partial charge in [0.2, 0.25) is 0 Å². The van der Waals surface area contributed by atoms with Crippen molar-refractivity contribution in [2.24, 2.45) is 4.99 Å². The summed E-state index contributed by atoms with van der Waals surface area (Å²) < 4.78 is 1.55. The van der Waals surface area contributed by atoms with Crippen LogP contribution in [0.25, 0.3) is 5.69 Å². The van der Waals surface area contributed by atoms with Crippen LogP contribution in [0.1, 0.15) is 18.2 Å². The summed E-state index contributed by atoms with van der Waals surface area (Å²) in [6.07, 6.45) is 2.33. The van der Waals surface area contributed by atoms with Crippen LogP contribution in [0.2, 0.25) is 0 Å². The van der Waals surface area contributed by atoms with Gasteiger partial charge < -0.3 is 10.0 Å². The molecule has 2 aromatic carbocycles. The Morgan fingerprint density at radius 2 is 1.74 bits per heavy atom. The van der Waals surface area contributed by atoms with Gasteiger partial charge in [-0.3, -0.25) is 9.79 Å². The lowest BCUT2D eigenvalue weighted by atomic mass is 10.1. The topological polar surface area (TPSA) is 70.7 Å². The number of nitrogens with zero attached hydrogens (tertiary/aromatic N) is 4. The average Bonchev–Trinajstić information content (AvgIpc) is 3.13. The van der Waals surface area contributed by atoms with Gasteiger partial charge in [0, 0.05) is 19.3 Å². The Hall–Kier alpha value is -3.41. The Balaban J connectivity index is 1.89. The molecule has 1 aliphatic rings. The van der Waals surface area contributed by atoms with E-state index in [0.29, 0.717) is 5.71 Å².